The number of aliphatic hydroxyl groups excluding tert-OH is 1. The Morgan fingerprint density at radius 1 is 1.14 bits per heavy atom. The molecule has 0 unspecified atom stereocenters. The lowest BCUT2D eigenvalue weighted by atomic mass is 10.0. The molecule has 0 spiro atoms. The van der Waals surface area contributed by atoms with E-state index in [0.717, 1.165) is 44.9 Å². The second-order valence-corrected chi connectivity index (χ2v) is 4.92. The highest BCUT2D eigenvalue weighted by molar-refractivity contribution is 4.90. The molecule has 2 atom stereocenters. The van der Waals surface area contributed by atoms with Crippen molar-refractivity contribution >= 4 is 0 Å². The Bertz CT molecular complexity index is 190. The van der Waals surface area contributed by atoms with Crippen LogP contribution in [0.5, 0.6) is 0 Å². The fraction of sp³-hybridized carbons (Fsp3) is 1.00. The molecular formula is C11H21NO2. The molecule has 14 heavy (non-hydrogen) atoms. The lowest BCUT2D eigenvalue weighted by molar-refractivity contribution is 0.0386. The molecule has 2 rings (SSSR count). The van der Waals surface area contributed by atoms with Gasteiger partial charge in [-0.15, -0.1) is 0 Å². The van der Waals surface area contributed by atoms with Crippen LogP contribution in [-0.4, -0.2) is 34.5 Å². The predicted molar refractivity (Wildman–Crippen MR) is 55.1 cm³/mol. The van der Waals surface area contributed by atoms with E-state index in [1.807, 2.05) is 0 Å². The molecule has 0 aromatic carbocycles. The molecule has 0 aromatic rings. The van der Waals surface area contributed by atoms with Crippen molar-refractivity contribution in [2.24, 2.45) is 0 Å². The number of nitrogens with one attached hydrogen (secondary N) is 1. The molecule has 3 heteroatoms. The number of aliphatic hydroxyl groups is 2. The van der Waals surface area contributed by atoms with Gasteiger partial charge in [-0.2, -0.15) is 0 Å². The van der Waals surface area contributed by atoms with Crippen LogP contribution >= 0.6 is 0 Å². The first-order chi connectivity index (χ1) is 6.70. The highest BCUT2D eigenvalue weighted by Crippen LogP contribution is 2.29. The van der Waals surface area contributed by atoms with Crippen LogP contribution in [0.4, 0.5) is 0 Å². The van der Waals surface area contributed by atoms with Gasteiger partial charge in [-0.3, -0.25) is 0 Å². The Hall–Kier alpha value is -0.120. The van der Waals surface area contributed by atoms with Crippen LogP contribution in [-0.2, 0) is 0 Å². The first-order valence-corrected chi connectivity index (χ1v) is 5.83. The van der Waals surface area contributed by atoms with Crippen LogP contribution < -0.4 is 5.32 Å². The summed E-state index contributed by atoms with van der Waals surface area (Å²) in [7, 11) is 0. The second-order valence-electron chi connectivity index (χ2n) is 4.92. The molecule has 0 saturated heterocycles. The van der Waals surface area contributed by atoms with Crippen molar-refractivity contribution in [3.63, 3.8) is 0 Å². The van der Waals surface area contributed by atoms with Crippen LogP contribution in [0.2, 0.25) is 0 Å². The minimum atomic E-state index is -0.484. The highest BCUT2D eigenvalue weighted by Gasteiger charge is 2.33. The lowest BCUT2D eigenvalue weighted by Crippen LogP contribution is -2.45. The summed E-state index contributed by atoms with van der Waals surface area (Å²) in [5, 5.41) is 23.0. The minimum absolute atomic E-state index is 0.194. The summed E-state index contributed by atoms with van der Waals surface area (Å²) in [6.07, 6.45) is 7.01. The van der Waals surface area contributed by atoms with E-state index >= 15 is 0 Å². The number of hydrogen-bond donors (Lipinski definition) is 3. The molecule has 0 bridgehead atoms. The van der Waals surface area contributed by atoms with E-state index < -0.39 is 5.60 Å². The zero-order valence-electron chi connectivity index (χ0n) is 8.71. The van der Waals surface area contributed by atoms with Crippen molar-refractivity contribution in [1.29, 1.82) is 0 Å². The van der Waals surface area contributed by atoms with Gasteiger partial charge < -0.3 is 15.5 Å². The smallest absolute Gasteiger partial charge is 0.0771 e. The third kappa shape index (κ3) is 2.27. The van der Waals surface area contributed by atoms with Crippen LogP contribution in [0.3, 0.4) is 0 Å². The zero-order chi connectivity index (χ0) is 10.0. The van der Waals surface area contributed by atoms with Gasteiger partial charge in [-0.25, -0.2) is 0 Å². The van der Waals surface area contributed by atoms with Gasteiger partial charge in [0.15, 0.2) is 0 Å². The quantitative estimate of drug-likeness (QED) is 0.630. The van der Waals surface area contributed by atoms with Crippen molar-refractivity contribution in [2.75, 3.05) is 6.54 Å². The molecule has 0 amide bonds. The Balaban J connectivity index is 1.75. The van der Waals surface area contributed by atoms with Crippen LogP contribution in [0.15, 0.2) is 0 Å². The largest absolute Gasteiger partial charge is 0.392 e. The molecular weight excluding hydrogens is 178 g/mol. The zero-order valence-corrected chi connectivity index (χ0v) is 8.71. The maximum absolute atomic E-state index is 10.1. The fourth-order valence-corrected chi connectivity index (χ4v) is 2.71. The summed E-state index contributed by atoms with van der Waals surface area (Å²) in [4.78, 5) is 0. The minimum Gasteiger partial charge on any atom is -0.392 e. The molecule has 0 aromatic heterocycles. The molecule has 0 heterocycles. The standard InChI is InChI=1S/C11H21NO2/c13-10-5-3-4-9(10)12-8-11(14)6-1-2-7-11/h9-10,12-14H,1-8H2/t9-,10-/m0/s1. The summed E-state index contributed by atoms with van der Waals surface area (Å²) in [6.45, 7) is 0.661. The first-order valence-electron chi connectivity index (χ1n) is 5.83. The maximum Gasteiger partial charge on any atom is 0.0771 e. The summed E-state index contributed by atoms with van der Waals surface area (Å²) in [5.74, 6) is 0. The van der Waals surface area contributed by atoms with Crippen LogP contribution in [0, 0.1) is 0 Å². The third-order valence-electron chi connectivity index (χ3n) is 3.71. The van der Waals surface area contributed by atoms with E-state index in [-0.39, 0.29) is 12.1 Å². The van der Waals surface area contributed by atoms with Crippen molar-refractivity contribution in [2.45, 2.75) is 62.7 Å². The van der Waals surface area contributed by atoms with Gasteiger partial charge in [0.05, 0.1) is 11.7 Å². The molecule has 82 valence electrons. The topological polar surface area (TPSA) is 52.5 Å². The maximum atomic E-state index is 10.1. The fourth-order valence-electron chi connectivity index (χ4n) is 2.71. The normalized spacial score (nSPS) is 36.4. The summed E-state index contributed by atoms with van der Waals surface area (Å²) in [5.41, 5.74) is -0.484. The van der Waals surface area contributed by atoms with E-state index in [1.54, 1.807) is 0 Å². The third-order valence-corrected chi connectivity index (χ3v) is 3.71. The Morgan fingerprint density at radius 3 is 2.43 bits per heavy atom. The van der Waals surface area contributed by atoms with E-state index in [2.05, 4.69) is 5.32 Å². The molecule has 2 aliphatic carbocycles. The molecule has 3 N–H and O–H groups in total. The summed E-state index contributed by atoms with van der Waals surface area (Å²) >= 11 is 0. The van der Waals surface area contributed by atoms with E-state index in [0.29, 0.717) is 6.54 Å². The predicted octanol–water partition coefficient (Wildman–Crippen LogP) is 0.794. The van der Waals surface area contributed by atoms with Crippen molar-refractivity contribution < 1.29 is 10.2 Å². The van der Waals surface area contributed by atoms with Gasteiger partial charge in [-0.05, 0) is 32.1 Å². The molecule has 3 nitrogen and oxygen atoms in total. The molecule has 0 aliphatic heterocycles. The van der Waals surface area contributed by atoms with Gasteiger partial charge >= 0.3 is 0 Å². The molecule has 2 fully saturated rings. The van der Waals surface area contributed by atoms with E-state index in [1.165, 1.54) is 0 Å². The molecule has 2 aliphatic rings. The van der Waals surface area contributed by atoms with Gasteiger partial charge in [0.1, 0.15) is 0 Å². The SMILES string of the molecule is O[C@H]1CCC[C@@H]1NCC1(O)CCCC1. The van der Waals surface area contributed by atoms with Crippen molar-refractivity contribution in [3.8, 4) is 0 Å². The van der Waals surface area contributed by atoms with Gasteiger partial charge in [-0.1, -0.05) is 12.8 Å². The van der Waals surface area contributed by atoms with Crippen LogP contribution in [0.25, 0.3) is 0 Å². The molecule has 2 saturated carbocycles. The van der Waals surface area contributed by atoms with Gasteiger partial charge in [0.2, 0.25) is 0 Å². The average Bonchev–Trinajstić information content (AvgIpc) is 2.73. The average molecular weight is 199 g/mol. The summed E-state index contributed by atoms with van der Waals surface area (Å²) < 4.78 is 0. The highest BCUT2D eigenvalue weighted by atomic mass is 16.3. The number of rotatable bonds is 3. The molecule has 0 radical (unpaired) electrons. The van der Waals surface area contributed by atoms with Crippen molar-refractivity contribution in [1.82, 2.24) is 5.32 Å². The first kappa shape index (κ1) is 10.4. The monoisotopic (exact) mass is 199 g/mol. The van der Waals surface area contributed by atoms with E-state index in [4.69, 9.17) is 0 Å². The Kier molecular flexibility index (Phi) is 3.10. The summed E-state index contributed by atoms with van der Waals surface area (Å²) in [6, 6.07) is 0.222. The van der Waals surface area contributed by atoms with Crippen LogP contribution in [0.1, 0.15) is 44.9 Å². The van der Waals surface area contributed by atoms with E-state index in [9.17, 15) is 10.2 Å². The Labute approximate surface area is 85.5 Å². The number of hydrogen-bond acceptors (Lipinski definition) is 3. The van der Waals surface area contributed by atoms with Crippen molar-refractivity contribution in [3.05, 3.63) is 0 Å². The lowest BCUT2D eigenvalue weighted by Gasteiger charge is -2.26. The second kappa shape index (κ2) is 4.17. The Morgan fingerprint density at radius 2 is 1.86 bits per heavy atom. The van der Waals surface area contributed by atoms with Gasteiger partial charge in [0.25, 0.3) is 0 Å². The van der Waals surface area contributed by atoms with Gasteiger partial charge in [0, 0.05) is 12.6 Å².